The van der Waals surface area contributed by atoms with Gasteiger partial charge in [0.25, 0.3) is 5.91 Å². The van der Waals surface area contributed by atoms with Gasteiger partial charge >= 0.3 is 5.97 Å². The molecule has 0 spiro atoms. The van der Waals surface area contributed by atoms with Crippen LogP contribution in [0.2, 0.25) is 0 Å². The van der Waals surface area contributed by atoms with Crippen LogP contribution in [0.25, 0.3) is 0 Å². The number of carbonyl (C=O) groups excluding carboxylic acids is 2. The molecule has 3 N–H and O–H groups in total. The summed E-state index contributed by atoms with van der Waals surface area (Å²) in [7, 11) is 0. The summed E-state index contributed by atoms with van der Waals surface area (Å²) in [5, 5.41) is 20.1. The van der Waals surface area contributed by atoms with Crippen molar-refractivity contribution in [3.8, 4) is 0 Å². The number of hydrazone groups is 1. The Morgan fingerprint density at radius 3 is 2.54 bits per heavy atom. The Morgan fingerprint density at radius 1 is 1.06 bits per heavy atom. The maximum Gasteiger partial charge on any atom is 0.312 e. The number of hydrogen-bond acceptors (Lipinski definition) is 6. The zero-order valence-corrected chi connectivity index (χ0v) is 20.1. The van der Waals surface area contributed by atoms with E-state index in [1.807, 2.05) is 48.1 Å². The van der Waals surface area contributed by atoms with Crippen molar-refractivity contribution in [2.24, 2.45) is 5.10 Å². The fraction of sp³-hybridized carbons (Fsp3) is 0.385. The van der Waals surface area contributed by atoms with Gasteiger partial charge in [-0.2, -0.15) is 5.10 Å². The first-order chi connectivity index (χ1) is 16.8. The van der Waals surface area contributed by atoms with E-state index in [0.29, 0.717) is 17.8 Å². The molecule has 2 aliphatic heterocycles. The van der Waals surface area contributed by atoms with E-state index in [9.17, 15) is 14.4 Å². The Labute approximate surface area is 204 Å². The zero-order valence-electron chi connectivity index (χ0n) is 20.1. The first-order valence-corrected chi connectivity index (χ1v) is 11.9. The van der Waals surface area contributed by atoms with Gasteiger partial charge in [0.05, 0.1) is 11.7 Å². The molecule has 9 heteroatoms. The molecule has 2 amide bonds. The van der Waals surface area contributed by atoms with Crippen molar-refractivity contribution in [2.75, 3.05) is 23.4 Å². The molecular formula is C26H31N5O4. The quantitative estimate of drug-likeness (QED) is 0.526. The first-order valence-electron chi connectivity index (χ1n) is 11.9. The van der Waals surface area contributed by atoms with Gasteiger partial charge in [-0.1, -0.05) is 36.2 Å². The number of hydrazine groups is 1. The number of nitrogens with zero attached hydrogens (tertiary/aromatic N) is 3. The van der Waals surface area contributed by atoms with Crippen LogP contribution in [0.1, 0.15) is 54.8 Å². The topological polar surface area (TPSA) is 114 Å². The summed E-state index contributed by atoms with van der Waals surface area (Å²) in [5.74, 6) is -1.98. The number of anilines is 2. The highest BCUT2D eigenvalue weighted by atomic mass is 16.4. The molecule has 2 aliphatic rings. The number of carbonyl (C=O) groups is 3. The standard InChI is InChI=1S/C26H31N5O4/c1-17-9-10-22(18(2)13-17)31-23(15-21(28-31)26(35)29-30-11-4-3-5-12-30)19-7-6-8-20(14-19)27-24(32)16-25(33)34/h6-10,13-14,23H,3-5,11-12,15-16H2,1-2H3,(H,27,32)(H,29,35)(H,33,34). The minimum atomic E-state index is -1.19. The van der Waals surface area contributed by atoms with Gasteiger partial charge in [-0.15, -0.1) is 0 Å². The maximum absolute atomic E-state index is 13.1. The van der Waals surface area contributed by atoms with Crippen molar-refractivity contribution < 1.29 is 19.5 Å². The predicted molar refractivity (Wildman–Crippen MR) is 134 cm³/mol. The Bertz CT molecular complexity index is 1160. The summed E-state index contributed by atoms with van der Waals surface area (Å²) in [6.07, 6.45) is 3.09. The lowest BCUT2D eigenvalue weighted by Crippen LogP contribution is -2.47. The van der Waals surface area contributed by atoms with Crippen LogP contribution in [0.15, 0.2) is 47.6 Å². The second-order valence-electron chi connectivity index (χ2n) is 9.13. The van der Waals surface area contributed by atoms with E-state index in [0.717, 1.165) is 48.3 Å². The third-order valence-electron chi connectivity index (χ3n) is 6.25. The van der Waals surface area contributed by atoms with E-state index in [2.05, 4.69) is 16.8 Å². The van der Waals surface area contributed by atoms with E-state index in [1.165, 1.54) is 6.42 Å². The number of nitrogens with one attached hydrogen (secondary N) is 2. The molecule has 0 aliphatic carbocycles. The van der Waals surface area contributed by atoms with Crippen LogP contribution >= 0.6 is 0 Å². The second-order valence-corrected chi connectivity index (χ2v) is 9.13. The number of carboxylic acid groups (broad SMARTS) is 1. The summed E-state index contributed by atoms with van der Waals surface area (Å²) in [6, 6.07) is 13.1. The Kier molecular flexibility index (Phi) is 7.45. The van der Waals surface area contributed by atoms with Gasteiger partial charge in [0, 0.05) is 25.2 Å². The van der Waals surface area contributed by atoms with Crippen molar-refractivity contribution in [3.63, 3.8) is 0 Å². The van der Waals surface area contributed by atoms with E-state index < -0.39 is 18.3 Å². The number of aliphatic carboxylic acids is 1. The van der Waals surface area contributed by atoms with Gasteiger partial charge in [-0.25, -0.2) is 5.01 Å². The molecule has 4 rings (SSSR count). The van der Waals surface area contributed by atoms with Gasteiger partial charge in [0.2, 0.25) is 5.91 Å². The van der Waals surface area contributed by atoms with Crippen molar-refractivity contribution in [3.05, 3.63) is 59.2 Å². The fourth-order valence-corrected chi connectivity index (χ4v) is 4.57. The van der Waals surface area contributed by atoms with Crippen LogP contribution in [0, 0.1) is 13.8 Å². The number of piperidine rings is 1. The molecular weight excluding hydrogens is 446 g/mol. The van der Waals surface area contributed by atoms with E-state index in [-0.39, 0.29) is 11.9 Å². The van der Waals surface area contributed by atoms with E-state index >= 15 is 0 Å². The lowest BCUT2D eigenvalue weighted by Gasteiger charge is -2.26. The number of carboxylic acids is 1. The molecule has 0 radical (unpaired) electrons. The second kappa shape index (κ2) is 10.7. The fourth-order valence-electron chi connectivity index (χ4n) is 4.57. The molecule has 184 valence electrons. The summed E-state index contributed by atoms with van der Waals surface area (Å²) < 4.78 is 0. The molecule has 2 aromatic carbocycles. The van der Waals surface area contributed by atoms with Crippen LogP contribution < -0.4 is 15.8 Å². The summed E-state index contributed by atoms with van der Waals surface area (Å²) in [5.41, 5.74) is 7.90. The zero-order chi connectivity index (χ0) is 24.9. The normalized spacial score (nSPS) is 18.2. The molecule has 1 atom stereocenters. The minimum Gasteiger partial charge on any atom is -0.481 e. The molecule has 0 aromatic heterocycles. The smallest absolute Gasteiger partial charge is 0.312 e. The number of benzene rings is 2. The largest absolute Gasteiger partial charge is 0.481 e. The van der Waals surface area contributed by atoms with Crippen molar-refractivity contribution in [1.82, 2.24) is 10.4 Å². The van der Waals surface area contributed by atoms with Gasteiger partial charge in [-0.05, 0) is 56.0 Å². The molecule has 1 unspecified atom stereocenters. The van der Waals surface area contributed by atoms with Crippen molar-refractivity contribution in [1.29, 1.82) is 0 Å². The molecule has 2 heterocycles. The Morgan fingerprint density at radius 2 is 1.83 bits per heavy atom. The lowest BCUT2D eigenvalue weighted by molar-refractivity contribution is -0.139. The number of aryl methyl sites for hydroxylation is 2. The number of hydrogen-bond donors (Lipinski definition) is 3. The van der Waals surface area contributed by atoms with E-state index in [4.69, 9.17) is 10.2 Å². The average Bonchev–Trinajstić information content (AvgIpc) is 3.25. The third-order valence-corrected chi connectivity index (χ3v) is 6.25. The van der Waals surface area contributed by atoms with Gasteiger partial charge in [-0.3, -0.25) is 24.8 Å². The first kappa shape index (κ1) is 24.4. The minimum absolute atomic E-state index is 0.199. The van der Waals surface area contributed by atoms with E-state index in [1.54, 1.807) is 12.1 Å². The maximum atomic E-state index is 13.1. The summed E-state index contributed by atoms with van der Waals surface area (Å²) in [4.78, 5) is 35.9. The average molecular weight is 478 g/mol. The van der Waals surface area contributed by atoms with Crippen LogP contribution in [0.5, 0.6) is 0 Å². The van der Waals surface area contributed by atoms with Gasteiger partial charge in [0.15, 0.2) is 0 Å². The number of rotatable bonds is 7. The van der Waals surface area contributed by atoms with Crippen LogP contribution in [-0.2, 0) is 14.4 Å². The predicted octanol–water partition coefficient (Wildman–Crippen LogP) is 3.54. The highest BCUT2D eigenvalue weighted by Gasteiger charge is 2.34. The summed E-state index contributed by atoms with van der Waals surface area (Å²) >= 11 is 0. The lowest BCUT2D eigenvalue weighted by atomic mass is 9.99. The summed E-state index contributed by atoms with van der Waals surface area (Å²) in [6.45, 7) is 5.72. The molecule has 0 saturated carbocycles. The SMILES string of the molecule is Cc1ccc(N2N=C(C(=O)NN3CCCCC3)CC2c2cccc(NC(=O)CC(=O)O)c2)c(C)c1. The van der Waals surface area contributed by atoms with Crippen molar-refractivity contribution in [2.45, 2.75) is 52.0 Å². The molecule has 0 bridgehead atoms. The van der Waals surface area contributed by atoms with Gasteiger partial charge < -0.3 is 10.4 Å². The monoisotopic (exact) mass is 477 g/mol. The molecule has 2 aromatic rings. The van der Waals surface area contributed by atoms with Crippen molar-refractivity contribution >= 4 is 34.9 Å². The third kappa shape index (κ3) is 6.05. The van der Waals surface area contributed by atoms with Crippen LogP contribution in [0.4, 0.5) is 11.4 Å². The number of amides is 2. The Balaban J connectivity index is 1.61. The van der Waals surface area contributed by atoms with Crippen LogP contribution in [-0.4, -0.2) is 46.7 Å². The molecule has 1 fully saturated rings. The molecule has 9 nitrogen and oxygen atoms in total. The molecule has 35 heavy (non-hydrogen) atoms. The van der Waals surface area contributed by atoms with Crippen LogP contribution in [0.3, 0.4) is 0 Å². The molecule has 1 saturated heterocycles. The highest BCUT2D eigenvalue weighted by Crippen LogP contribution is 2.38. The Hall–Kier alpha value is -3.72. The highest BCUT2D eigenvalue weighted by molar-refractivity contribution is 6.39. The van der Waals surface area contributed by atoms with Gasteiger partial charge in [0.1, 0.15) is 12.1 Å².